The summed E-state index contributed by atoms with van der Waals surface area (Å²) in [5.41, 5.74) is 2.57. The van der Waals surface area contributed by atoms with E-state index >= 15 is 0 Å². The summed E-state index contributed by atoms with van der Waals surface area (Å²) in [6, 6.07) is 29.2. The minimum absolute atomic E-state index is 0.0546. The number of hydrogen-bond acceptors (Lipinski definition) is 7. The second kappa shape index (κ2) is 11.9. The minimum Gasteiger partial charge on any atom is -0.506 e. The number of fused-ring (bicyclic) bond motifs is 1. The van der Waals surface area contributed by atoms with E-state index in [0.29, 0.717) is 33.7 Å². The highest BCUT2D eigenvalue weighted by molar-refractivity contribution is 8.18. The molecule has 0 saturated carbocycles. The van der Waals surface area contributed by atoms with Gasteiger partial charge in [-0.15, -0.1) is 0 Å². The number of aliphatic hydroxyl groups excluding tert-OH is 1. The fourth-order valence-electron chi connectivity index (χ4n) is 4.23. The molecule has 0 amide bonds. The zero-order valence-corrected chi connectivity index (χ0v) is 22.4. The summed E-state index contributed by atoms with van der Waals surface area (Å²) in [5, 5.41) is 13.7. The van der Waals surface area contributed by atoms with Crippen LogP contribution in [0.5, 0.6) is 11.5 Å². The van der Waals surface area contributed by atoms with E-state index in [1.807, 2.05) is 66.7 Å². The Balaban J connectivity index is 1.42. The van der Waals surface area contributed by atoms with Crippen molar-refractivity contribution in [2.75, 3.05) is 13.7 Å². The molecular weight excluding hydrogens is 510 g/mol. The van der Waals surface area contributed by atoms with Crippen LogP contribution in [-0.2, 0) is 16.1 Å². The van der Waals surface area contributed by atoms with Crippen molar-refractivity contribution in [1.29, 1.82) is 0 Å². The van der Waals surface area contributed by atoms with Crippen molar-refractivity contribution in [3.63, 3.8) is 0 Å². The van der Waals surface area contributed by atoms with Crippen LogP contribution in [0.4, 0.5) is 5.69 Å². The predicted molar refractivity (Wildman–Crippen MR) is 157 cm³/mol. The van der Waals surface area contributed by atoms with Gasteiger partial charge >= 0.3 is 5.97 Å². The minimum atomic E-state index is -0.615. The van der Waals surface area contributed by atoms with Crippen molar-refractivity contribution in [2.24, 2.45) is 4.99 Å². The van der Waals surface area contributed by atoms with E-state index in [4.69, 9.17) is 14.2 Å². The second-order valence-corrected chi connectivity index (χ2v) is 9.68. The zero-order chi connectivity index (χ0) is 27.2. The summed E-state index contributed by atoms with van der Waals surface area (Å²) in [6.45, 7) is 2.30. The number of aliphatic hydroxyl groups is 1. The molecule has 0 aromatic heterocycles. The van der Waals surface area contributed by atoms with Crippen LogP contribution in [-0.4, -0.2) is 29.8 Å². The molecule has 1 aliphatic heterocycles. The molecule has 39 heavy (non-hydrogen) atoms. The molecule has 0 atom stereocenters. The highest BCUT2D eigenvalue weighted by atomic mass is 32.2. The van der Waals surface area contributed by atoms with E-state index in [-0.39, 0.29) is 17.9 Å². The number of methoxy groups -OCH3 is 1. The van der Waals surface area contributed by atoms with Crippen molar-refractivity contribution in [2.45, 2.75) is 13.5 Å². The third-order valence-electron chi connectivity index (χ3n) is 6.11. The number of nitrogens with zero attached hydrogens (tertiary/aromatic N) is 1. The Kier molecular flexibility index (Phi) is 7.99. The van der Waals surface area contributed by atoms with E-state index in [1.54, 1.807) is 20.1 Å². The highest BCUT2D eigenvalue weighted by Gasteiger charge is 2.33. The van der Waals surface area contributed by atoms with Crippen molar-refractivity contribution in [3.8, 4) is 11.5 Å². The fraction of sp³-hybridized carbons (Fsp3) is 0.125. The summed E-state index contributed by atoms with van der Waals surface area (Å²) in [5.74, 6) is 0.378. The summed E-state index contributed by atoms with van der Waals surface area (Å²) < 4.78 is 16.9. The lowest BCUT2D eigenvalue weighted by molar-refractivity contribution is -0.138. The molecule has 0 spiro atoms. The van der Waals surface area contributed by atoms with Gasteiger partial charge in [0.15, 0.2) is 11.5 Å². The van der Waals surface area contributed by atoms with E-state index in [1.165, 1.54) is 11.8 Å². The standard InChI is InChI=1S/C32H27NO5S/c1-3-37-32(35)29-30(34)28(39-31(29)33-24-13-5-4-6-14-24)19-21-16-17-26(27(18-21)36-2)38-20-23-12-9-11-22-10-7-8-15-25(22)23/h4-19,34H,3,20H2,1-2H3/b28-19-,33-31?. The quantitative estimate of drug-likeness (QED) is 0.233. The molecule has 1 heterocycles. The van der Waals surface area contributed by atoms with Gasteiger partial charge in [-0.25, -0.2) is 9.79 Å². The summed E-state index contributed by atoms with van der Waals surface area (Å²) >= 11 is 1.21. The van der Waals surface area contributed by atoms with Gasteiger partial charge in [0.2, 0.25) is 0 Å². The SMILES string of the molecule is CCOC(=O)C1=C(O)/C(=C/c2ccc(OCc3cccc4ccccc34)c(OC)c2)SC1=Nc1ccccc1. The number of hydrogen-bond donors (Lipinski definition) is 1. The lowest BCUT2D eigenvalue weighted by Gasteiger charge is -2.13. The van der Waals surface area contributed by atoms with Crippen LogP contribution in [0.1, 0.15) is 18.1 Å². The average Bonchev–Trinajstić information content (AvgIpc) is 3.26. The molecule has 0 bridgehead atoms. The average molecular weight is 538 g/mol. The second-order valence-electron chi connectivity index (χ2n) is 8.64. The number of esters is 1. The van der Waals surface area contributed by atoms with Gasteiger partial charge in [-0.2, -0.15) is 0 Å². The van der Waals surface area contributed by atoms with Gasteiger partial charge in [-0.1, -0.05) is 78.5 Å². The van der Waals surface area contributed by atoms with Crippen molar-refractivity contribution < 1.29 is 24.1 Å². The predicted octanol–water partition coefficient (Wildman–Crippen LogP) is 7.62. The topological polar surface area (TPSA) is 77.4 Å². The Morgan fingerprint density at radius 3 is 2.51 bits per heavy atom. The van der Waals surface area contributed by atoms with Gasteiger partial charge in [-0.05, 0) is 59.2 Å². The third-order valence-corrected chi connectivity index (χ3v) is 7.13. The molecule has 1 N–H and O–H groups in total. The Labute approximate surface area is 231 Å². The van der Waals surface area contributed by atoms with E-state index in [0.717, 1.165) is 21.9 Å². The molecule has 1 aliphatic rings. The molecular formula is C32H27NO5S. The molecule has 4 aromatic rings. The van der Waals surface area contributed by atoms with Gasteiger partial charge in [-0.3, -0.25) is 0 Å². The number of para-hydroxylation sites is 1. The number of rotatable bonds is 8. The first-order valence-corrected chi connectivity index (χ1v) is 13.3. The van der Waals surface area contributed by atoms with Crippen LogP contribution in [0.15, 0.2) is 112 Å². The molecule has 0 radical (unpaired) electrons. The molecule has 6 nitrogen and oxygen atoms in total. The first kappa shape index (κ1) is 26.1. The lowest BCUT2D eigenvalue weighted by atomic mass is 10.1. The normalized spacial score (nSPS) is 15.2. The van der Waals surface area contributed by atoms with Crippen molar-refractivity contribution in [3.05, 3.63) is 118 Å². The number of carbonyl (C=O) groups excluding carboxylic acids is 1. The zero-order valence-electron chi connectivity index (χ0n) is 21.6. The molecule has 0 aliphatic carbocycles. The highest BCUT2D eigenvalue weighted by Crippen LogP contribution is 2.41. The van der Waals surface area contributed by atoms with Crippen LogP contribution in [0.25, 0.3) is 16.8 Å². The molecule has 196 valence electrons. The Bertz CT molecular complexity index is 1600. The number of aliphatic imine (C=N–C) groups is 1. The molecule has 0 fully saturated rings. The number of thioether (sulfide) groups is 1. The van der Waals surface area contributed by atoms with Gasteiger partial charge in [0.25, 0.3) is 0 Å². The monoisotopic (exact) mass is 537 g/mol. The number of ether oxygens (including phenoxy) is 3. The van der Waals surface area contributed by atoms with Gasteiger partial charge in [0.05, 0.1) is 24.3 Å². The Hall–Kier alpha value is -4.49. The number of benzene rings is 4. The fourth-order valence-corrected chi connectivity index (χ4v) is 5.27. The number of carbonyl (C=O) groups is 1. The maximum atomic E-state index is 12.7. The first-order valence-electron chi connectivity index (χ1n) is 12.5. The lowest BCUT2D eigenvalue weighted by Crippen LogP contribution is -2.12. The molecule has 7 heteroatoms. The Morgan fingerprint density at radius 1 is 0.949 bits per heavy atom. The maximum Gasteiger partial charge on any atom is 0.344 e. The maximum absolute atomic E-state index is 12.7. The largest absolute Gasteiger partial charge is 0.506 e. The summed E-state index contributed by atoms with van der Waals surface area (Å²) in [7, 11) is 1.59. The molecule has 5 rings (SSSR count). The van der Waals surface area contributed by atoms with E-state index < -0.39 is 5.97 Å². The van der Waals surface area contributed by atoms with Crippen molar-refractivity contribution >= 4 is 45.3 Å². The molecule has 0 saturated heterocycles. The van der Waals surface area contributed by atoms with Crippen molar-refractivity contribution in [1.82, 2.24) is 0 Å². The molecule has 4 aromatic carbocycles. The summed E-state index contributed by atoms with van der Waals surface area (Å²) in [4.78, 5) is 17.7. The van der Waals surface area contributed by atoms with Gasteiger partial charge in [0.1, 0.15) is 23.0 Å². The van der Waals surface area contributed by atoms with E-state index in [9.17, 15) is 9.90 Å². The van der Waals surface area contributed by atoms with Gasteiger partial charge < -0.3 is 19.3 Å². The van der Waals surface area contributed by atoms with E-state index in [2.05, 4.69) is 29.3 Å². The van der Waals surface area contributed by atoms with Crippen LogP contribution in [0.3, 0.4) is 0 Å². The third kappa shape index (κ3) is 5.84. The van der Waals surface area contributed by atoms with Gasteiger partial charge in [0, 0.05) is 0 Å². The van der Waals surface area contributed by atoms with Crippen LogP contribution >= 0.6 is 11.8 Å². The van der Waals surface area contributed by atoms with Crippen LogP contribution in [0, 0.1) is 0 Å². The Morgan fingerprint density at radius 2 is 1.72 bits per heavy atom. The summed E-state index contributed by atoms with van der Waals surface area (Å²) in [6.07, 6.45) is 1.78. The first-order chi connectivity index (χ1) is 19.1. The molecule has 0 unspecified atom stereocenters. The smallest absolute Gasteiger partial charge is 0.344 e. The van der Waals surface area contributed by atoms with Crippen LogP contribution < -0.4 is 9.47 Å². The van der Waals surface area contributed by atoms with Crippen LogP contribution in [0.2, 0.25) is 0 Å².